The first-order valence-corrected chi connectivity index (χ1v) is 14.3. The maximum Gasteiger partial charge on any atom is 0.244 e. The predicted octanol–water partition coefficient (Wildman–Crippen LogP) is 4.13. The van der Waals surface area contributed by atoms with Crippen LogP contribution in [0, 0.1) is 5.82 Å². The van der Waals surface area contributed by atoms with Gasteiger partial charge in [0.05, 0.1) is 11.9 Å². The van der Waals surface area contributed by atoms with E-state index in [0.29, 0.717) is 22.3 Å². The molecule has 196 valence electrons. The Kier molecular flexibility index (Phi) is 9.82. The number of benzene rings is 3. The van der Waals surface area contributed by atoms with Crippen molar-refractivity contribution in [1.29, 1.82) is 0 Å². The van der Waals surface area contributed by atoms with Crippen molar-refractivity contribution < 1.29 is 22.4 Å². The summed E-state index contributed by atoms with van der Waals surface area (Å²) < 4.78 is 40.6. The Morgan fingerprint density at radius 3 is 2.24 bits per heavy atom. The maximum absolute atomic E-state index is 13.8. The van der Waals surface area contributed by atoms with Gasteiger partial charge in [-0.15, -0.1) is 0 Å². The fourth-order valence-electron chi connectivity index (χ4n) is 3.88. The predicted molar refractivity (Wildman–Crippen MR) is 146 cm³/mol. The summed E-state index contributed by atoms with van der Waals surface area (Å²) in [7, 11) is -3.84. The van der Waals surface area contributed by atoms with E-state index in [9.17, 15) is 22.4 Å². The smallest absolute Gasteiger partial charge is 0.244 e. The molecule has 7 nitrogen and oxygen atoms in total. The summed E-state index contributed by atoms with van der Waals surface area (Å²) in [6.07, 6.45) is 1.24. The molecule has 0 aliphatic rings. The summed E-state index contributed by atoms with van der Waals surface area (Å²) in [6, 6.07) is 20.6. The summed E-state index contributed by atoms with van der Waals surface area (Å²) >= 11 is 3.34. The van der Waals surface area contributed by atoms with Crippen LogP contribution >= 0.6 is 15.9 Å². The third kappa shape index (κ3) is 8.13. The van der Waals surface area contributed by atoms with Crippen molar-refractivity contribution in [2.24, 2.45) is 0 Å². The number of nitrogens with one attached hydrogen (secondary N) is 1. The Morgan fingerprint density at radius 1 is 0.973 bits per heavy atom. The molecule has 0 spiro atoms. The standard InChI is InChI=1S/C27H29BrFN3O4S/c1-3-30-27(34)25(16-20-8-5-4-6-9-20)31(18-21-12-14-23(29)15-13-21)26(33)19-32(37(2,35)36)24-11-7-10-22(28)17-24/h4-15,17,25H,3,16,18-19H2,1-2H3,(H,30,34). The second-order valence-electron chi connectivity index (χ2n) is 8.50. The second kappa shape index (κ2) is 12.8. The highest BCUT2D eigenvalue weighted by Gasteiger charge is 2.32. The molecule has 0 aromatic heterocycles. The first-order chi connectivity index (χ1) is 17.6. The zero-order valence-electron chi connectivity index (χ0n) is 20.6. The van der Waals surface area contributed by atoms with Gasteiger partial charge in [0.2, 0.25) is 21.8 Å². The van der Waals surface area contributed by atoms with Crippen molar-refractivity contribution in [1.82, 2.24) is 10.2 Å². The Bertz CT molecular complexity index is 1320. The highest BCUT2D eigenvalue weighted by atomic mass is 79.9. The summed E-state index contributed by atoms with van der Waals surface area (Å²) in [5, 5.41) is 2.79. The highest BCUT2D eigenvalue weighted by molar-refractivity contribution is 9.10. The molecule has 0 radical (unpaired) electrons. The number of likely N-dealkylation sites (N-methyl/N-ethyl adjacent to an activating group) is 1. The van der Waals surface area contributed by atoms with Crippen molar-refractivity contribution in [3.8, 4) is 0 Å². The van der Waals surface area contributed by atoms with Gasteiger partial charge in [0.25, 0.3) is 0 Å². The molecule has 37 heavy (non-hydrogen) atoms. The van der Waals surface area contributed by atoms with Gasteiger partial charge in [0, 0.05) is 24.0 Å². The largest absolute Gasteiger partial charge is 0.355 e. The summed E-state index contributed by atoms with van der Waals surface area (Å²) in [5.74, 6) is -1.36. The van der Waals surface area contributed by atoms with Crippen LogP contribution in [0.1, 0.15) is 18.1 Å². The van der Waals surface area contributed by atoms with Crippen LogP contribution < -0.4 is 9.62 Å². The van der Waals surface area contributed by atoms with E-state index in [1.807, 2.05) is 30.3 Å². The van der Waals surface area contributed by atoms with E-state index in [1.165, 1.54) is 29.2 Å². The number of halogens is 2. The van der Waals surface area contributed by atoms with Gasteiger partial charge in [-0.3, -0.25) is 13.9 Å². The van der Waals surface area contributed by atoms with Crippen LogP contribution in [-0.2, 0) is 32.6 Å². The molecular weight excluding hydrogens is 561 g/mol. The number of hydrogen-bond donors (Lipinski definition) is 1. The molecule has 0 bridgehead atoms. The van der Waals surface area contributed by atoms with Crippen LogP contribution in [0.25, 0.3) is 0 Å². The van der Waals surface area contributed by atoms with Gasteiger partial charge in [-0.2, -0.15) is 0 Å². The van der Waals surface area contributed by atoms with E-state index in [2.05, 4.69) is 21.2 Å². The van der Waals surface area contributed by atoms with Gasteiger partial charge in [-0.05, 0) is 48.4 Å². The minimum absolute atomic E-state index is 0.0101. The van der Waals surface area contributed by atoms with Gasteiger partial charge < -0.3 is 10.2 Å². The molecule has 0 aliphatic heterocycles. The fourth-order valence-corrected chi connectivity index (χ4v) is 5.11. The lowest BCUT2D eigenvalue weighted by Crippen LogP contribution is -2.53. The van der Waals surface area contributed by atoms with E-state index < -0.39 is 34.3 Å². The van der Waals surface area contributed by atoms with Crippen LogP contribution in [-0.4, -0.2) is 50.5 Å². The summed E-state index contributed by atoms with van der Waals surface area (Å²) in [6.45, 7) is 1.61. The number of sulfonamides is 1. The third-order valence-corrected chi connectivity index (χ3v) is 7.30. The van der Waals surface area contributed by atoms with Crippen molar-refractivity contribution in [2.45, 2.75) is 25.9 Å². The molecule has 0 saturated carbocycles. The monoisotopic (exact) mass is 589 g/mol. The van der Waals surface area contributed by atoms with E-state index in [0.717, 1.165) is 16.1 Å². The molecule has 0 aliphatic carbocycles. The topological polar surface area (TPSA) is 86.8 Å². The molecule has 0 fully saturated rings. The van der Waals surface area contributed by atoms with Crippen LogP contribution in [0.15, 0.2) is 83.3 Å². The summed E-state index contributed by atoms with van der Waals surface area (Å²) in [5.41, 5.74) is 1.75. The minimum atomic E-state index is -3.84. The average Bonchev–Trinajstić information content (AvgIpc) is 2.85. The number of nitrogens with zero attached hydrogens (tertiary/aromatic N) is 2. The zero-order chi connectivity index (χ0) is 27.0. The number of rotatable bonds is 11. The van der Waals surface area contributed by atoms with E-state index in [-0.39, 0.29) is 18.9 Å². The molecule has 1 unspecified atom stereocenters. The molecule has 3 aromatic rings. The lowest BCUT2D eigenvalue weighted by Gasteiger charge is -2.33. The van der Waals surface area contributed by atoms with Crippen LogP contribution in [0.2, 0.25) is 0 Å². The van der Waals surface area contributed by atoms with Gasteiger partial charge >= 0.3 is 0 Å². The molecule has 3 aromatic carbocycles. The average molecular weight is 591 g/mol. The molecule has 0 saturated heterocycles. The van der Waals surface area contributed by atoms with Gasteiger partial charge in [-0.1, -0.05) is 64.5 Å². The lowest BCUT2D eigenvalue weighted by molar-refractivity contribution is -0.140. The van der Waals surface area contributed by atoms with Crippen molar-refractivity contribution in [3.63, 3.8) is 0 Å². The van der Waals surface area contributed by atoms with E-state index >= 15 is 0 Å². The Balaban J connectivity index is 2.03. The van der Waals surface area contributed by atoms with Crippen molar-refractivity contribution in [3.05, 3.63) is 100 Å². The van der Waals surface area contributed by atoms with E-state index in [4.69, 9.17) is 0 Å². The van der Waals surface area contributed by atoms with E-state index in [1.54, 1.807) is 31.2 Å². The SMILES string of the molecule is CCNC(=O)C(Cc1ccccc1)N(Cc1ccc(F)cc1)C(=O)CN(c1cccc(Br)c1)S(C)(=O)=O. The number of hydrogen-bond acceptors (Lipinski definition) is 4. The molecule has 2 amide bonds. The van der Waals surface area contributed by atoms with Crippen LogP contribution in [0.5, 0.6) is 0 Å². The second-order valence-corrected chi connectivity index (χ2v) is 11.3. The minimum Gasteiger partial charge on any atom is -0.355 e. The molecule has 1 atom stereocenters. The third-order valence-electron chi connectivity index (χ3n) is 5.66. The molecule has 1 N–H and O–H groups in total. The lowest BCUT2D eigenvalue weighted by atomic mass is 10.0. The molecule has 0 heterocycles. The number of amides is 2. The molecule has 3 rings (SSSR count). The Morgan fingerprint density at radius 2 is 1.65 bits per heavy atom. The van der Waals surface area contributed by atoms with Crippen LogP contribution in [0.3, 0.4) is 0 Å². The number of carbonyl (C=O) groups excluding carboxylic acids is 2. The van der Waals surface area contributed by atoms with Gasteiger partial charge in [0.1, 0.15) is 18.4 Å². The highest BCUT2D eigenvalue weighted by Crippen LogP contribution is 2.23. The maximum atomic E-state index is 13.8. The Labute approximate surface area is 225 Å². The molecule has 10 heteroatoms. The first-order valence-electron chi connectivity index (χ1n) is 11.7. The number of anilines is 1. The fraction of sp³-hybridized carbons (Fsp3) is 0.259. The quantitative estimate of drug-likeness (QED) is 0.364. The van der Waals surface area contributed by atoms with Crippen molar-refractivity contribution in [2.75, 3.05) is 23.7 Å². The van der Waals surface area contributed by atoms with Gasteiger partial charge in [-0.25, -0.2) is 12.8 Å². The normalized spacial score (nSPS) is 12.0. The zero-order valence-corrected chi connectivity index (χ0v) is 23.0. The molecular formula is C27H29BrFN3O4S. The first kappa shape index (κ1) is 28.3. The Hall–Kier alpha value is -3.24. The summed E-state index contributed by atoms with van der Waals surface area (Å²) in [4.78, 5) is 28.4. The van der Waals surface area contributed by atoms with Crippen LogP contribution in [0.4, 0.5) is 10.1 Å². The van der Waals surface area contributed by atoms with Crippen molar-refractivity contribution >= 4 is 43.5 Å². The number of carbonyl (C=O) groups is 2. The van der Waals surface area contributed by atoms with Gasteiger partial charge in [0.15, 0.2) is 0 Å².